The highest BCUT2D eigenvalue weighted by Gasteiger charge is 2.29. The van der Waals surface area contributed by atoms with Gasteiger partial charge in [0.15, 0.2) is 4.90 Å². The molecule has 0 saturated heterocycles. The molecule has 1 heterocycles. The second kappa shape index (κ2) is 11.3. The fraction of sp³-hybridized carbons (Fsp3) is 0.231. The fourth-order valence-electron chi connectivity index (χ4n) is 4.16. The number of aliphatic carboxylic acids is 1. The number of aromatic amines is 1. The molecule has 37 heavy (non-hydrogen) atoms. The quantitative estimate of drug-likeness (QED) is 0.131. The number of sulfonamides is 1. The molecule has 0 spiro atoms. The number of carbonyl (C=O) groups is 1. The molecule has 0 unspecified atom stereocenters. The van der Waals surface area contributed by atoms with E-state index in [0.717, 1.165) is 22.4 Å². The number of para-hydroxylation sites is 1. The van der Waals surface area contributed by atoms with Crippen LogP contribution < -0.4 is 4.72 Å². The first-order valence-corrected chi connectivity index (χ1v) is 13.2. The van der Waals surface area contributed by atoms with Crippen LogP contribution in [0.15, 0.2) is 77.8 Å². The van der Waals surface area contributed by atoms with E-state index in [0.29, 0.717) is 37.2 Å². The molecule has 10 nitrogen and oxygen atoms in total. The Morgan fingerprint density at radius 3 is 2.51 bits per heavy atom. The van der Waals surface area contributed by atoms with Gasteiger partial charge in [-0.25, -0.2) is 18.1 Å². The van der Waals surface area contributed by atoms with E-state index >= 15 is 0 Å². The van der Waals surface area contributed by atoms with Gasteiger partial charge < -0.3 is 10.1 Å². The number of fused-ring (bicyclic) bond motifs is 1. The highest BCUT2D eigenvalue weighted by Crippen LogP contribution is 2.29. The molecule has 4 rings (SSSR count). The molecule has 192 valence electrons. The van der Waals surface area contributed by atoms with Crippen LogP contribution in [0, 0.1) is 10.1 Å². The summed E-state index contributed by atoms with van der Waals surface area (Å²) in [5.41, 5.74) is 1.05. The zero-order chi connectivity index (χ0) is 26.4. The third-order valence-corrected chi connectivity index (χ3v) is 7.54. The van der Waals surface area contributed by atoms with Gasteiger partial charge in [-0.3, -0.25) is 14.9 Å². The molecule has 0 aliphatic heterocycles. The zero-order valence-electron chi connectivity index (χ0n) is 19.8. The van der Waals surface area contributed by atoms with Gasteiger partial charge >= 0.3 is 5.97 Å². The highest BCUT2D eigenvalue weighted by molar-refractivity contribution is 7.89. The molecular weight excluding hydrogens is 496 g/mol. The van der Waals surface area contributed by atoms with Crippen LogP contribution >= 0.6 is 0 Å². The Labute approximate surface area is 213 Å². The summed E-state index contributed by atoms with van der Waals surface area (Å²) < 4.78 is 29.0. The summed E-state index contributed by atoms with van der Waals surface area (Å²) in [4.78, 5) is 28.7. The van der Waals surface area contributed by atoms with E-state index in [4.69, 9.17) is 5.11 Å². The van der Waals surface area contributed by atoms with E-state index in [9.17, 15) is 23.3 Å². The molecule has 0 bridgehead atoms. The van der Waals surface area contributed by atoms with Crippen molar-refractivity contribution in [2.24, 2.45) is 0 Å². The summed E-state index contributed by atoms with van der Waals surface area (Å²) >= 11 is 0. The first-order chi connectivity index (χ1) is 17.7. The zero-order valence-corrected chi connectivity index (χ0v) is 20.6. The highest BCUT2D eigenvalue weighted by atomic mass is 32.2. The number of carboxylic acids is 1. The van der Waals surface area contributed by atoms with E-state index in [2.05, 4.69) is 14.7 Å². The Morgan fingerprint density at radius 2 is 1.76 bits per heavy atom. The molecule has 11 heteroatoms. The molecule has 3 N–H and O–H groups in total. The SMILES string of the molecule is O=C(O)CCCCC[C@H](NS(=O)(=O)c1ccccc1[N+](=O)[O-])c1ncc(-c2ccc3ccccc3c2)[nH]1. The van der Waals surface area contributed by atoms with Crippen molar-refractivity contribution >= 4 is 32.5 Å². The molecule has 3 aromatic carbocycles. The van der Waals surface area contributed by atoms with Crippen molar-refractivity contribution in [3.05, 3.63) is 88.9 Å². The fourth-order valence-corrected chi connectivity index (χ4v) is 5.56. The molecule has 0 aliphatic carbocycles. The van der Waals surface area contributed by atoms with Gasteiger partial charge in [0.05, 0.1) is 22.9 Å². The monoisotopic (exact) mass is 522 g/mol. The minimum absolute atomic E-state index is 0.0272. The lowest BCUT2D eigenvalue weighted by molar-refractivity contribution is -0.387. The predicted molar refractivity (Wildman–Crippen MR) is 138 cm³/mol. The molecule has 0 saturated carbocycles. The third-order valence-electron chi connectivity index (χ3n) is 6.02. The van der Waals surface area contributed by atoms with Crippen LogP contribution in [0.5, 0.6) is 0 Å². The van der Waals surface area contributed by atoms with Crippen molar-refractivity contribution in [2.45, 2.75) is 43.0 Å². The van der Waals surface area contributed by atoms with Gasteiger partial charge in [-0.15, -0.1) is 0 Å². The minimum atomic E-state index is -4.27. The van der Waals surface area contributed by atoms with E-state index in [1.54, 1.807) is 6.20 Å². The number of carboxylic acid groups (broad SMARTS) is 1. The number of nitrogens with one attached hydrogen (secondary N) is 2. The first-order valence-electron chi connectivity index (χ1n) is 11.8. The maximum absolute atomic E-state index is 13.2. The average molecular weight is 523 g/mol. The molecular formula is C26H26N4O6S. The standard InChI is InChI=1S/C26H26N4O6S/c31-25(32)13-3-1-2-10-21(29-37(35,36)24-12-7-6-11-23(24)30(33)34)26-27-17-22(28-26)20-15-14-18-8-4-5-9-19(18)16-20/h4-9,11-12,14-17,21,29H,1-3,10,13H2,(H,27,28)(H,31,32)/t21-/m0/s1. The number of benzene rings is 3. The van der Waals surface area contributed by atoms with Crippen molar-refractivity contribution < 1.29 is 23.2 Å². The van der Waals surface area contributed by atoms with Gasteiger partial charge in [0.2, 0.25) is 10.0 Å². The van der Waals surface area contributed by atoms with Gasteiger partial charge in [-0.2, -0.15) is 0 Å². The molecule has 1 aromatic heterocycles. The smallest absolute Gasteiger partial charge is 0.303 e. The van der Waals surface area contributed by atoms with Crippen LogP contribution in [0.3, 0.4) is 0 Å². The van der Waals surface area contributed by atoms with Crippen molar-refractivity contribution in [3.63, 3.8) is 0 Å². The number of unbranched alkanes of at least 4 members (excludes halogenated alkanes) is 2. The van der Waals surface area contributed by atoms with Crippen molar-refractivity contribution in [1.82, 2.24) is 14.7 Å². The topological polar surface area (TPSA) is 155 Å². The Hall–Kier alpha value is -4.09. The molecule has 0 radical (unpaired) electrons. The second-order valence-electron chi connectivity index (χ2n) is 8.64. The average Bonchev–Trinajstić information content (AvgIpc) is 3.37. The molecule has 0 aliphatic rings. The van der Waals surface area contributed by atoms with Crippen LogP contribution in [0.2, 0.25) is 0 Å². The lowest BCUT2D eigenvalue weighted by atomic mass is 10.1. The Morgan fingerprint density at radius 1 is 1.03 bits per heavy atom. The summed E-state index contributed by atoms with van der Waals surface area (Å²) in [7, 11) is -4.27. The summed E-state index contributed by atoms with van der Waals surface area (Å²) in [6, 6.07) is 18.2. The van der Waals surface area contributed by atoms with E-state index in [1.807, 2.05) is 42.5 Å². The van der Waals surface area contributed by atoms with Crippen molar-refractivity contribution in [3.8, 4) is 11.3 Å². The van der Waals surface area contributed by atoms with E-state index in [1.165, 1.54) is 18.2 Å². The lowest BCUT2D eigenvalue weighted by Gasteiger charge is -2.17. The summed E-state index contributed by atoms with van der Waals surface area (Å²) in [5.74, 6) is -0.525. The van der Waals surface area contributed by atoms with Crippen molar-refractivity contribution in [1.29, 1.82) is 0 Å². The van der Waals surface area contributed by atoms with Crippen LogP contribution in [-0.2, 0) is 14.8 Å². The van der Waals surface area contributed by atoms with Crippen molar-refractivity contribution in [2.75, 3.05) is 0 Å². The van der Waals surface area contributed by atoms with Gasteiger partial charge in [0.25, 0.3) is 5.69 Å². The van der Waals surface area contributed by atoms with Gasteiger partial charge in [-0.1, -0.05) is 61.4 Å². The van der Waals surface area contributed by atoms with E-state index in [-0.39, 0.29) is 6.42 Å². The second-order valence-corrected chi connectivity index (χ2v) is 10.3. The Balaban J connectivity index is 1.61. The number of aromatic nitrogens is 2. The molecule has 4 aromatic rings. The third kappa shape index (κ3) is 6.38. The van der Waals surface area contributed by atoms with Crippen LogP contribution in [0.4, 0.5) is 5.69 Å². The molecule has 0 fully saturated rings. The first kappa shape index (κ1) is 26.0. The largest absolute Gasteiger partial charge is 0.481 e. The van der Waals surface area contributed by atoms with E-state index < -0.39 is 37.5 Å². The molecule has 0 amide bonds. The molecule has 1 atom stereocenters. The summed E-state index contributed by atoms with van der Waals surface area (Å²) in [5, 5.41) is 22.4. The summed E-state index contributed by atoms with van der Waals surface area (Å²) in [6.45, 7) is 0. The summed E-state index contributed by atoms with van der Waals surface area (Å²) in [6.07, 6.45) is 3.54. The van der Waals surface area contributed by atoms with Crippen LogP contribution in [0.1, 0.15) is 44.0 Å². The Kier molecular flexibility index (Phi) is 7.95. The number of hydrogen-bond acceptors (Lipinski definition) is 6. The number of nitrogens with zero attached hydrogens (tertiary/aromatic N) is 2. The number of rotatable bonds is 12. The number of hydrogen-bond donors (Lipinski definition) is 3. The van der Waals surface area contributed by atoms with Crippen LogP contribution in [0.25, 0.3) is 22.0 Å². The lowest BCUT2D eigenvalue weighted by Crippen LogP contribution is -2.30. The minimum Gasteiger partial charge on any atom is -0.481 e. The predicted octanol–water partition coefficient (Wildman–Crippen LogP) is 5.19. The normalized spacial score (nSPS) is 12.4. The number of H-pyrrole nitrogens is 1. The van der Waals surface area contributed by atoms with Crippen LogP contribution in [-0.4, -0.2) is 34.4 Å². The van der Waals surface area contributed by atoms with Gasteiger partial charge in [0, 0.05) is 18.1 Å². The number of nitro groups is 1. The van der Waals surface area contributed by atoms with Gasteiger partial charge in [0.1, 0.15) is 5.82 Å². The van der Waals surface area contributed by atoms with Gasteiger partial charge in [-0.05, 0) is 35.7 Å². The number of imidazole rings is 1. The Bertz CT molecular complexity index is 1530. The maximum Gasteiger partial charge on any atom is 0.303 e. The maximum atomic E-state index is 13.2. The number of nitro benzene ring substituents is 1.